The molecule has 116 valence electrons. The molecule has 1 saturated carbocycles. The Labute approximate surface area is 122 Å². The van der Waals surface area contributed by atoms with Gasteiger partial charge in [0, 0.05) is 5.56 Å². The minimum Gasteiger partial charge on any atom is -0.512 e. The highest BCUT2D eigenvalue weighted by Crippen LogP contribution is 2.34. The molecule has 0 bridgehead atoms. The highest BCUT2D eigenvalue weighted by Gasteiger charge is 2.32. The number of hydrogen-bond acceptors (Lipinski definition) is 3. The monoisotopic (exact) mass is 313 g/mol. The topological polar surface area (TPSA) is 46.3 Å². The maximum atomic E-state index is 13.4. The van der Waals surface area contributed by atoms with Crippen molar-refractivity contribution in [2.24, 2.45) is 0 Å². The van der Waals surface area contributed by atoms with Gasteiger partial charge in [-0.1, -0.05) is 0 Å². The summed E-state index contributed by atoms with van der Waals surface area (Å²) >= 11 is 0. The minimum atomic E-state index is -4.65. The van der Waals surface area contributed by atoms with Crippen molar-refractivity contribution in [3.05, 3.63) is 52.9 Å². The number of hydrogen-bond donors (Lipinski definition) is 1. The lowest BCUT2D eigenvalue weighted by Gasteiger charge is -2.07. The summed E-state index contributed by atoms with van der Waals surface area (Å²) in [6.07, 6.45) is -1.57. The van der Waals surface area contributed by atoms with E-state index in [4.69, 9.17) is 4.42 Å². The Kier molecular flexibility index (Phi) is 3.42. The third kappa shape index (κ3) is 3.13. The van der Waals surface area contributed by atoms with Crippen LogP contribution in [0.15, 0.2) is 40.2 Å². The molecular weight excluding hydrogens is 302 g/mol. The summed E-state index contributed by atoms with van der Waals surface area (Å²) < 4.78 is 56.5. The molecular formula is C15H11F4NO2. The molecule has 0 radical (unpaired) electrons. The minimum absolute atomic E-state index is 0.0999. The smallest absolute Gasteiger partial charge is 0.416 e. The number of aromatic nitrogens is 1. The molecule has 3 rings (SSSR count). The van der Waals surface area contributed by atoms with E-state index < -0.39 is 17.6 Å². The van der Waals surface area contributed by atoms with Crippen molar-refractivity contribution in [1.29, 1.82) is 0 Å². The number of nitrogens with zero attached hydrogens (tertiary/aromatic N) is 1. The third-order valence-electron chi connectivity index (χ3n) is 3.28. The number of aliphatic hydroxyl groups excluding tert-OH is 1. The zero-order chi connectivity index (χ0) is 15.9. The molecule has 2 aromatic rings. The van der Waals surface area contributed by atoms with Crippen LogP contribution in [0.3, 0.4) is 0 Å². The second-order valence-electron chi connectivity index (χ2n) is 5.10. The number of benzene rings is 1. The molecule has 1 aliphatic carbocycles. The van der Waals surface area contributed by atoms with Gasteiger partial charge >= 0.3 is 6.18 Å². The van der Waals surface area contributed by atoms with Crippen LogP contribution in [0.25, 0.3) is 11.5 Å². The van der Waals surface area contributed by atoms with Gasteiger partial charge in [-0.2, -0.15) is 13.2 Å². The van der Waals surface area contributed by atoms with E-state index in [-0.39, 0.29) is 23.6 Å². The number of halogens is 4. The normalized spacial score (nSPS) is 14.3. The Balaban J connectivity index is 1.90. The Bertz CT molecular complexity index is 740. The van der Waals surface area contributed by atoms with E-state index in [1.807, 2.05) is 0 Å². The van der Waals surface area contributed by atoms with Gasteiger partial charge in [-0.25, -0.2) is 9.37 Å². The summed E-state index contributed by atoms with van der Waals surface area (Å²) in [7, 11) is 0. The van der Waals surface area contributed by atoms with E-state index in [9.17, 15) is 22.7 Å². The fraction of sp³-hybridized carbons (Fsp3) is 0.267. The summed E-state index contributed by atoms with van der Waals surface area (Å²) in [5.74, 6) is -0.934. The van der Waals surface area contributed by atoms with Crippen LogP contribution < -0.4 is 0 Å². The van der Waals surface area contributed by atoms with Crippen LogP contribution >= 0.6 is 0 Å². The van der Waals surface area contributed by atoms with E-state index in [1.54, 1.807) is 0 Å². The largest absolute Gasteiger partial charge is 0.512 e. The van der Waals surface area contributed by atoms with Gasteiger partial charge in [0.25, 0.3) is 0 Å². The van der Waals surface area contributed by atoms with Gasteiger partial charge in [-0.05, 0) is 36.6 Å². The first-order chi connectivity index (χ1) is 10.3. The van der Waals surface area contributed by atoms with Crippen LogP contribution in [0.4, 0.5) is 17.6 Å². The molecule has 7 heteroatoms. The maximum absolute atomic E-state index is 13.4. The van der Waals surface area contributed by atoms with E-state index >= 15 is 0 Å². The van der Waals surface area contributed by atoms with Crippen molar-refractivity contribution in [2.75, 3.05) is 0 Å². The van der Waals surface area contributed by atoms with E-state index in [2.05, 4.69) is 4.98 Å². The molecule has 22 heavy (non-hydrogen) atoms. The second kappa shape index (κ2) is 5.15. The van der Waals surface area contributed by atoms with Crippen LogP contribution in [0.1, 0.15) is 24.1 Å². The first-order valence-electron chi connectivity index (χ1n) is 6.55. The number of oxazole rings is 1. The molecule has 1 heterocycles. The van der Waals surface area contributed by atoms with Crippen LogP contribution in [0, 0.1) is 5.82 Å². The molecule has 1 aromatic carbocycles. The van der Waals surface area contributed by atoms with E-state index in [1.165, 1.54) is 6.26 Å². The molecule has 0 amide bonds. The Morgan fingerprint density at radius 2 is 1.95 bits per heavy atom. The highest BCUT2D eigenvalue weighted by molar-refractivity contribution is 5.55. The Morgan fingerprint density at radius 1 is 1.23 bits per heavy atom. The summed E-state index contributed by atoms with van der Waals surface area (Å²) in [5.41, 5.74) is 0.113. The first-order valence-corrected chi connectivity index (χ1v) is 6.55. The van der Waals surface area contributed by atoms with E-state index in [0.29, 0.717) is 11.8 Å². The number of allylic oxidation sites excluding steroid dienone is 2. The zero-order valence-electron chi connectivity index (χ0n) is 11.2. The number of aliphatic hydroxyl groups is 1. The predicted octanol–water partition coefficient (Wildman–Crippen LogP) is 4.65. The molecule has 0 unspecified atom stereocenters. The Hall–Kier alpha value is -2.31. The lowest BCUT2D eigenvalue weighted by Crippen LogP contribution is -2.05. The fourth-order valence-electron chi connectivity index (χ4n) is 2.05. The molecule has 0 aliphatic heterocycles. The molecule has 0 atom stereocenters. The Morgan fingerprint density at radius 3 is 2.59 bits per heavy atom. The standard InChI is InChI=1S/C15H11F4NO2/c16-11-4-9(3-10(5-11)15(17,18)19)14-20-12(7-22-14)6-13(21)8-1-2-8/h3-5,7,21H,1-2,6H2. The number of alkyl halides is 3. The summed E-state index contributed by atoms with van der Waals surface area (Å²) in [6, 6.07) is 2.11. The first kappa shape index (κ1) is 14.6. The van der Waals surface area contributed by atoms with E-state index in [0.717, 1.165) is 30.5 Å². The zero-order valence-corrected chi connectivity index (χ0v) is 11.2. The highest BCUT2D eigenvalue weighted by atomic mass is 19.4. The van der Waals surface area contributed by atoms with Gasteiger partial charge < -0.3 is 9.52 Å². The molecule has 1 N–H and O–H groups in total. The molecule has 1 aromatic heterocycles. The van der Waals surface area contributed by atoms with Crippen molar-refractivity contribution in [3.63, 3.8) is 0 Å². The van der Waals surface area contributed by atoms with Crippen molar-refractivity contribution in [1.82, 2.24) is 4.98 Å². The van der Waals surface area contributed by atoms with Crippen LogP contribution in [-0.4, -0.2) is 10.1 Å². The van der Waals surface area contributed by atoms with Crippen molar-refractivity contribution in [2.45, 2.75) is 25.4 Å². The van der Waals surface area contributed by atoms with Crippen LogP contribution in [0.5, 0.6) is 0 Å². The SMILES string of the molecule is OC(Cc1coc(-c2cc(F)cc(C(F)(F)F)c2)n1)=C1CC1. The van der Waals surface area contributed by atoms with Gasteiger partial charge in [0.2, 0.25) is 5.89 Å². The van der Waals surface area contributed by atoms with Crippen molar-refractivity contribution in [3.8, 4) is 11.5 Å². The third-order valence-corrected chi connectivity index (χ3v) is 3.28. The average Bonchev–Trinajstić information content (AvgIpc) is 3.18. The van der Waals surface area contributed by atoms with Gasteiger partial charge in [-0.15, -0.1) is 0 Å². The van der Waals surface area contributed by atoms with Crippen molar-refractivity contribution >= 4 is 0 Å². The lowest BCUT2D eigenvalue weighted by molar-refractivity contribution is -0.137. The summed E-state index contributed by atoms with van der Waals surface area (Å²) in [4.78, 5) is 4.00. The molecule has 0 saturated heterocycles. The summed E-state index contributed by atoms with van der Waals surface area (Å²) in [6.45, 7) is 0. The molecule has 3 nitrogen and oxygen atoms in total. The predicted molar refractivity (Wildman–Crippen MR) is 69.5 cm³/mol. The fourth-order valence-corrected chi connectivity index (χ4v) is 2.05. The average molecular weight is 313 g/mol. The van der Waals surface area contributed by atoms with Crippen LogP contribution in [-0.2, 0) is 12.6 Å². The summed E-state index contributed by atoms with van der Waals surface area (Å²) in [5, 5.41) is 9.71. The number of rotatable bonds is 3. The van der Waals surface area contributed by atoms with Gasteiger partial charge in [0.05, 0.1) is 23.4 Å². The maximum Gasteiger partial charge on any atom is 0.416 e. The van der Waals surface area contributed by atoms with Gasteiger partial charge in [0.15, 0.2) is 0 Å². The quantitative estimate of drug-likeness (QED) is 0.663. The van der Waals surface area contributed by atoms with Crippen molar-refractivity contribution < 1.29 is 27.1 Å². The second-order valence-corrected chi connectivity index (χ2v) is 5.10. The molecule has 1 aliphatic rings. The molecule has 0 spiro atoms. The van der Waals surface area contributed by atoms with Gasteiger partial charge in [0.1, 0.15) is 12.1 Å². The van der Waals surface area contributed by atoms with Gasteiger partial charge in [-0.3, -0.25) is 0 Å². The lowest BCUT2D eigenvalue weighted by atomic mass is 10.1. The molecule has 1 fully saturated rings. The van der Waals surface area contributed by atoms with Crippen LogP contribution in [0.2, 0.25) is 0 Å².